The lowest BCUT2D eigenvalue weighted by Gasteiger charge is -2.59. The van der Waals surface area contributed by atoms with E-state index in [1.807, 2.05) is 36.4 Å². The van der Waals surface area contributed by atoms with Crippen LogP contribution in [0.15, 0.2) is 99.3 Å². The lowest BCUT2D eigenvalue weighted by molar-refractivity contribution is 0.216. The van der Waals surface area contributed by atoms with Crippen molar-refractivity contribution in [2.75, 3.05) is 22.9 Å². The van der Waals surface area contributed by atoms with E-state index in [0.717, 1.165) is 71.7 Å². The van der Waals surface area contributed by atoms with Crippen molar-refractivity contribution < 1.29 is 0 Å². The second-order valence-electron chi connectivity index (χ2n) is 21.0. The number of benzene rings is 5. The molecular weight excluding hydrogens is 900 g/mol. The number of aryl methyl sites for hydroxylation is 1. The quantitative estimate of drug-likeness (QED) is 0.0340. The molecule has 1 aliphatic heterocycles. The molecule has 1 aliphatic carbocycles. The van der Waals surface area contributed by atoms with Gasteiger partial charge in [-0.2, -0.15) is 0 Å². The normalized spacial score (nSPS) is 17.1. The lowest BCUT2D eigenvalue weighted by Crippen LogP contribution is -2.65. The number of hydrogen-bond acceptors (Lipinski definition) is 6. The first kappa shape index (κ1) is 53.8. The van der Waals surface area contributed by atoms with Crippen molar-refractivity contribution in [1.29, 1.82) is 0 Å². The highest BCUT2D eigenvalue weighted by Crippen LogP contribution is 2.53. The minimum Gasteiger partial charge on any atom is -0.348 e. The van der Waals surface area contributed by atoms with Crippen LogP contribution in [0.5, 0.6) is 0 Å². The number of fused-ring (bicyclic) bond motifs is 1. The molecule has 1 heterocycles. The number of rotatable bonds is 30. The molecule has 0 N–H and O–H groups in total. The third-order valence-corrected chi connectivity index (χ3v) is 16.6. The highest BCUT2D eigenvalue weighted by atomic mass is 35.5. The minimum atomic E-state index is 0.00266. The first-order valence-electron chi connectivity index (χ1n) is 28.3. The summed E-state index contributed by atoms with van der Waals surface area (Å²) in [4.78, 5) is 5.81. The number of azo groups is 2. The Bertz CT molecular complexity index is 2400. The van der Waals surface area contributed by atoms with Gasteiger partial charge in [-0.3, -0.25) is 0 Å². The molecule has 0 saturated heterocycles. The van der Waals surface area contributed by atoms with E-state index >= 15 is 0 Å². The number of nitrogens with zero attached hydrogens (tertiary/aromatic N) is 6. The SMILES string of the molecule is CCCCCCCCCCCCN1c2cccc3c(N=Nc4ccc(N=Nc5ccc(CCCCC)c(Cl)c5Cl)c5ccccc45)ccc(c23)N(CCCCCCCCCCCC)C12CCC(C)CC2. The van der Waals surface area contributed by atoms with Crippen LogP contribution in [-0.2, 0) is 6.42 Å². The third-order valence-electron chi connectivity index (χ3n) is 15.7. The van der Waals surface area contributed by atoms with Crippen molar-refractivity contribution in [3.05, 3.63) is 94.5 Å². The van der Waals surface area contributed by atoms with Gasteiger partial charge in [-0.1, -0.05) is 222 Å². The summed E-state index contributed by atoms with van der Waals surface area (Å²) >= 11 is 13.5. The van der Waals surface area contributed by atoms with Crippen molar-refractivity contribution in [1.82, 2.24) is 0 Å². The molecule has 0 atom stereocenters. The molecule has 0 amide bonds. The first-order valence-corrected chi connectivity index (χ1v) is 29.1. The molecule has 70 heavy (non-hydrogen) atoms. The topological polar surface area (TPSA) is 55.9 Å². The molecule has 378 valence electrons. The molecule has 1 fully saturated rings. The molecule has 6 nitrogen and oxygen atoms in total. The average molecular weight is 986 g/mol. The molecule has 0 aromatic heterocycles. The molecular formula is C62H86Cl2N6. The highest BCUT2D eigenvalue weighted by molar-refractivity contribution is 6.44. The average Bonchev–Trinajstić information content (AvgIpc) is 3.38. The van der Waals surface area contributed by atoms with Crippen LogP contribution in [0.4, 0.5) is 34.1 Å². The van der Waals surface area contributed by atoms with Gasteiger partial charge >= 0.3 is 0 Å². The number of anilines is 2. The van der Waals surface area contributed by atoms with E-state index in [1.165, 1.54) is 183 Å². The van der Waals surface area contributed by atoms with E-state index < -0.39 is 0 Å². The van der Waals surface area contributed by atoms with E-state index in [-0.39, 0.29) is 5.66 Å². The smallest absolute Gasteiger partial charge is 0.113 e. The van der Waals surface area contributed by atoms with Crippen molar-refractivity contribution in [2.24, 2.45) is 26.4 Å². The maximum absolute atomic E-state index is 6.75. The zero-order valence-electron chi connectivity index (χ0n) is 43.7. The summed E-state index contributed by atoms with van der Waals surface area (Å²) in [5.74, 6) is 0.770. The molecule has 1 spiro atoms. The predicted octanol–water partition coefficient (Wildman–Crippen LogP) is 22.2. The summed E-state index contributed by atoms with van der Waals surface area (Å²) in [6.45, 7) is 11.5. The summed E-state index contributed by atoms with van der Waals surface area (Å²) in [5, 5.41) is 24.9. The number of unbranched alkanes of at least 4 members (excludes halogenated alkanes) is 20. The minimum absolute atomic E-state index is 0.00266. The summed E-state index contributed by atoms with van der Waals surface area (Å²) in [6.07, 6.45) is 36.4. The van der Waals surface area contributed by atoms with Crippen LogP contribution in [0.1, 0.15) is 207 Å². The third kappa shape index (κ3) is 13.9. The van der Waals surface area contributed by atoms with Gasteiger partial charge in [0.25, 0.3) is 0 Å². The summed E-state index contributed by atoms with van der Waals surface area (Å²) in [6, 6.07) is 27.8. The molecule has 0 unspecified atom stereocenters. The van der Waals surface area contributed by atoms with Crippen LogP contribution in [0, 0.1) is 5.92 Å². The van der Waals surface area contributed by atoms with Crippen LogP contribution in [0.25, 0.3) is 21.5 Å². The standard InChI is InChI=1S/C62H86Cl2N6/c1-5-8-11-13-15-17-19-21-23-28-46-69-57-35-30-34-52-55(40-41-58(59(52)57)70(62(69)44-42-48(4)43-45-62)47-29-24-22-20-18-16-14-12-9-6-2)67-65-53-38-39-54(51-33-27-26-32-50(51)53)66-68-56-37-36-49(31-25-10-7-3)60(63)61(56)64/h26-27,30,32-41,48H,5-25,28-29,31,42-47H2,1-4H3. The Morgan fingerprint density at radius 1 is 0.443 bits per heavy atom. The molecule has 0 bridgehead atoms. The van der Waals surface area contributed by atoms with Gasteiger partial charge in [0.15, 0.2) is 0 Å². The van der Waals surface area contributed by atoms with Gasteiger partial charge in [0.2, 0.25) is 0 Å². The van der Waals surface area contributed by atoms with Crippen LogP contribution < -0.4 is 9.80 Å². The largest absolute Gasteiger partial charge is 0.348 e. The van der Waals surface area contributed by atoms with Gasteiger partial charge in [0.05, 0.1) is 27.1 Å². The van der Waals surface area contributed by atoms with Crippen LogP contribution in [-0.4, -0.2) is 18.8 Å². The lowest BCUT2D eigenvalue weighted by atomic mass is 9.78. The number of halogens is 2. The molecule has 1 saturated carbocycles. The molecule has 2 aliphatic rings. The van der Waals surface area contributed by atoms with Crippen LogP contribution >= 0.6 is 23.2 Å². The first-order chi connectivity index (χ1) is 34.4. The Morgan fingerprint density at radius 2 is 0.857 bits per heavy atom. The zero-order valence-corrected chi connectivity index (χ0v) is 45.2. The molecule has 5 aromatic carbocycles. The van der Waals surface area contributed by atoms with Crippen molar-refractivity contribution >= 4 is 78.9 Å². The number of hydrogen-bond donors (Lipinski definition) is 0. The Balaban J connectivity index is 1.15. The monoisotopic (exact) mass is 985 g/mol. The summed E-state index contributed by atoms with van der Waals surface area (Å²) in [7, 11) is 0. The maximum atomic E-state index is 6.75. The second kappa shape index (κ2) is 28.3. The Morgan fingerprint density at radius 3 is 1.39 bits per heavy atom. The van der Waals surface area contributed by atoms with Gasteiger partial charge in [-0.15, -0.1) is 20.5 Å². The van der Waals surface area contributed by atoms with Gasteiger partial charge in [0, 0.05) is 46.0 Å². The molecule has 7 rings (SSSR count). The van der Waals surface area contributed by atoms with Gasteiger partial charge in [-0.05, 0) is 99.2 Å². The van der Waals surface area contributed by atoms with E-state index in [9.17, 15) is 0 Å². The Hall–Kier alpha value is -4.00. The van der Waals surface area contributed by atoms with Crippen molar-refractivity contribution in [2.45, 2.75) is 213 Å². The van der Waals surface area contributed by atoms with E-state index in [1.54, 1.807) is 0 Å². The fourth-order valence-electron chi connectivity index (χ4n) is 11.5. The van der Waals surface area contributed by atoms with E-state index in [4.69, 9.17) is 38.5 Å². The molecule has 8 heteroatoms. The van der Waals surface area contributed by atoms with Crippen molar-refractivity contribution in [3.8, 4) is 0 Å². The fraction of sp³-hybridized carbons (Fsp3) is 0.581. The van der Waals surface area contributed by atoms with Gasteiger partial charge < -0.3 is 9.80 Å². The Kier molecular flexibility index (Phi) is 21.7. The summed E-state index contributed by atoms with van der Waals surface area (Å²) < 4.78 is 0. The Labute approximate surface area is 433 Å². The van der Waals surface area contributed by atoms with Gasteiger partial charge in [-0.25, -0.2) is 0 Å². The van der Waals surface area contributed by atoms with E-state index in [2.05, 4.69) is 85.1 Å². The molecule has 5 aromatic rings. The van der Waals surface area contributed by atoms with Crippen LogP contribution in [0.3, 0.4) is 0 Å². The van der Waals surface area contributed by atoms with Gasteiger partial charge in [0.1, 0.15) is 11.4 Å². The molecule has 0 radical (unpaired) electrons. The predicted molar refractivity (Wildman–Crippen MR) is 305 cm³/mol. The fourth-order valence-corrected chi connectivity index (χ4v) is 12.0. The second-order valence-corrected chi connectivity index (χ2v) is 21.8. The van der Waals surface area contributed by atoms with E-state index in [0.29, 0.717) is 15.7 Å². The van der Waals surface area contributed by atoms with Crippen molar-refractivity contribution in [3.63, 3.8) is 0 Å². The highest BCUT2D eigenvalue weighted by Gasteiger charge is 2.48. The maximum Gasteiger partial charge on any atom is 0.113 e. The summed E-state index contributed by atoms with van der Waals surface area (Å²) in [5.41, 5.74) is 6.85. The zero-order chi connectivity index (χ0) is 49.0. The van der Waals surface area contributed by atoms with Crippen LogP contribution in [0.2, 0.25) is 10.0 Å².